The SMILES string of the molecule is COc1cc(CNCCCN2CCCC2=O)c(Cl)cc1OCc1c(Cl)cccc1Cl. The summed E-state index contributed by atoms with van der Waals surface area (Å²) in [5, 5.41) is 5.04. The van der Waals surface area contributed by atoms with Gasteiger partial charge in [0.15, 0.2) is 11.5 Å². The summed E-state index contributed by atoms with van der Waals surface area (Å²) in [7, 11) is 1.59. The predicted octanol–water partition coefficient (Wildman–Crippen LogP) is 5.34. The predicted molar refractivity (Wildman–Crippen MR) is 121 cm³/mol. The van der Waals surface area contributed by atoms with Crippen LogP contribution in [0.1, 0.15) is 30.4 Å². The van der Waals surface area contributed by atoms with Crippen LogP contribution in [0.4, 0.5) is 0 Å². The van der Waals surface area contributed by atoms with Crippen molar-refractivity contribution in [2.45, 2.75) is 32.4 Å². The third-order valence-electron chi connectivity index (χ3n) is 5.03. The van der Waals surface area contributed by atoms with Gasteiger partial charge in [-0.3, -0.25) is 4.79 Å². The van der Waals surface area contributed by atoms with E-state index in [4.69, 9.17) is 44.3 Å². The zero-order chi connectivity index (χ0) is 21.5. The molecule has 0 aromatic heterocycles. The Morgan fingerprint density at radius 2 is 1.87 bits per heavy atom. The molecule has 0 unspecified atom stereocenters. The number of amides is 1. The van der Waals surface area contributed by atoms with Gasteiger partial charge in [-0.1, -0.05) is 40.9 Å². The molecule has 0 atom stereocenters. The van der Waals surface area contributed by atoms with Crippen molar-refractivity contribution in [2.75, 3.05) is 26.7 Å². The van der Waals surface area contributed by atoms with Crippen molar-refractivity contribution in [3.05, 3.63) is 56.5 Å². The first-order valence-electron chi connectivity index (χ1n) is 9.90. The van der Waals surface area contributed by atoms with Gasteiger partial charge in [-0.05, 0) is 43.1 Å². The zero-order valence-corrected chi connectivity index (χ0v) is 19.1. The van der Waals surface area contributed by atoms with Gasteiger partial charge >= 0.3 is 0 Å². The quantitative estimate of drug-likeness (QED) is 0.475. The molecule has 1 aliphatic heterocycles. The molecule has 1 amide bonds. The summed E-state index contributed by atoms with van der Waals surface area (Å²) in [5.41, 5.74) is 1.62. The second kappa shape index (κ2) is 11.1. The first kappa shape index (κ1) is 23.0. The van der Waals surface area contributed by atoms with Crippen LogP contribution in [0, 0.1) is 0 Å². The van der Waals surface area contributed by atoms with Crippen molar-refractivity contribution in [1.29, 1.82) is 0 Å². The minimum Gasteiger partial charge on any atom is -0.493 e. The van der Waals surface area contributed by atoms with Gasteiger partial charge < -0.3 is 19.7 Å². The number of rotatable bonds is 10. The summed E-state index contributed by atoms with van der Waals surface area (Å²) >= 11 is 18.9. The molecule has 2 aromatic carbocycles. The van der Waals surface area contributed by atoms with Crippen molar-refractivity contribution >= 4 is 40.7 Å². The lowest BCUT2D eigenvalue weighted by Gasteiger charge is -2.16. The Hall–Kier alpha value is -1.66. The number of likely N-dealkylation sites (tertiary alicyclic amines) is 1. The van der Waals surface area contributed by atoms with Crippen LogP contribution >= 0.6 is 34.8 Å². The molecule has 0 spiro atoms. The lowest BCUT2D eigenvalue weighted by atomic mass is 10.2. The van der Waals surface area contributed by atoms with Gasteiger partial charge in [0.25, 0.3) is 0 Å². The number of nitrogens with zero attached hydrogens (tertiary/aromatic N) is 1. The van der Waals surface area contributed by atoms with Crippen molar-refractivity contribution in [2.24, 2.45) is 0 Å². The van der Waals surface area contributed by atoms with Crippen LogP contribution in [0.3, 0.4) is 0 Å². The van der Waals surface area contributed by atoms with Crippen LogP contribution in [0.15, 0.2) is 30.3 Å². The van der Waals surface area contributed by atoms with E-state index in [1.807, 2.05) is 11.0 Å². The van der Waals surface area contributed by atoms with E-state index in [9.17, 15) is 4.79 Å². The maximum absolute atomic E-state index is 11.6. The lowest BCUT2D eigenvalue weighted by molar-refractivity contribution is -0.127. The van der Waals surface area contributed by atoms with E-state index in [1.54, 1.807) is 31.4 Å². The molecule has 30 heavy (non-hydrogen) atoms. The molecular weight excluding hydrogens is 447 g/mol. The van der Waals surface area contributed by atoms with E-state index in [0.29, 0.717) is 45.1 Å². The van der Waals surface area contributed by atoms with E-state index in [-0.39, 0.29) is 12.5 Å². The van der Waals surface area contributed by atoms with Gasteiger partial charge in [-0.2, -0.15) is 0 Å². The molecule has 3 rings (SSSR count). The Morgan fingerprint density at radius 3 is 2.53 bits per heavy atom. The maximum atomic E-state index is 11.6. The third-order valence-corrected chi connectivity index (χ3v) is 6.09. The van der Waals surface area contributed by atoms with Crippen LogP contribution in [-0.4, -0.2) is 37.6 Å². The van der Waals surface area contributed by atoms with Crippen molar-refractivity contribution in [3.63, 3.8) is 0 Å². The molecule has 0 aliphatic carbocycles. The Kier molecular flexibility index (Phi) is 8.51. The van der Waals surface area contributed by atoms with E-state index < -0.39 is 0 Å². The van der Waals surface area contributed by atoms with Gasteiger partial charge in [-0.25, -0.2) is 0 Å². The number of benzene rings is 2. The average Bonchev–Trinajstić information content (AvgIpc) is 3.13. The molecule has 1 saturated heterocycles. The van der Waals surface area contributed by atoms with Gasteiger partial charge in [0, 0.05) is 52.8 Å². The van der Waals surface area contributed by atoms with E-state index in [0.717, 1.165) is 38.0 Å². The summed E-state index contributed by atoms with van der Waals surface area (Å²) in [6, 6.07) is 8.93. The fraction of sp³-hybridized carbons (Fsp3) is 0.409. The van der Waals surface area contributed by atoms with Gasteiger partial charge in [0.2, 0.25) is 5.91 Å². The number of nitrogens with one attached hydrogen (secondary N) is 1. The van der Waals surface area contributed by atoms with E-state index >= 15 is 0 Å². The zero-order valence-electron chi connectivity index (χ0n) is 16.8. The number of methoxy groups -OCH3 is 1. The van der Waals surface area contributed by atoms with Crippen LogP contribution in [-0.2, 0) is 17.9 Å². The first-order valence-corrected chi connectivity index (χ1v) is 11.0. The molecule has 1 aliphatic rings. The largest absolute Gasteiger partial charge is 0.493 e. The monoisotopic (exact) mass is 470 g/mol. The van der Waals surface area contributed by atoms with Crippen LogP contribution in [0.2, 0.25) is 15.1 Å². The van der Waals surface area contributed by atoms with Gasteiger partial charge in [-0.15, -0.1) is 0 Å². The van der Waals surface area contributed by atoms with Crippen molar-refractivity contribution in [3.8, 4) is 11.5 Å². The molecule has 162 valence electrons. The fourth-order valence-corrected chi connectivity index (χ4v) is 4.09. The highest BCUT2D eigenvalue weighted by Gasteiger charge is 2.19. The second-order valence-electron chi connectivity index (χ2n) is 7.10. The minimum atomic E-state index is 0.206. The first-order chi connectivity index (χ1) is 14.5. The number of halogens is 3. The normalized spacial score (nSPS) is 13.7. The molecule has 0 saturated carbocycles. The van der Waals surface area contributed by atoms with E-state index in [1.165, 1.54) is 0 Å². The molecule has 0 radical (unpaired) electrons. The van der Waals surface area contributed by atoms with E-state index in [2.05, 4.69) is 5.32 Å². The Bertz CT molecular complexity index is 872. The highest BCUT2D eigenvalue weighted by molar-refractivity contribution is 6.36. The summed E-state index contributed by atoms with van der Waals surface area (Å²) in [5.74, 6) is 1.37. The van der Waals surface area contributed by atoms with Crippen LogP contribution in [0.5, 0.6) is 11.5 Å². The molecule has 2 aromatic rings. The smallest absolute Gasteiger partial charge is 0.222 e. The number of carbonyl (C=O) groups is 1. The number of carbonyl (C=O) groups excluding carboxylic acids is 1. The Balaban J connectivity index is 1.55. The molecule has 0 bridgehead atoms. The number of hydrogen-bond donors (Lipinski definition) is 1. The minimum absolute atomic E-state index is 0.206. The summed E-state index contributed by atoms with van der Waals surface area (Å²) in [6.07, 6.45) is 2.55. The average molecular weight is 472 g/mol. The lowest BCUT2D eigenvalue weighted by Crippen LogP contribution is -2.28. The third kappa shape index (κ3) is 5.94. The highest BCUT2D eigenvalue weighted by atomic mass is 35.5. The standard InChI is InChI=1S/C22H25Cl3N2O3/c1-29-20-11-15(13-26-8-4-10-27-9-3-7-22(27)28)19(25)12-21(20)30-14-16-17(23)5-2-6-18(16)24/h2,5-6,11-12,26H,3-4,7-10,13-14H2,1H3. The van der Waals surface area contributed by atoms with Crippen molar-refractivity contribution in [1.82, 2.24) is 10.2 Å². The molecule has 1 fully saturated rings. The molecule has 1 N–H and O–H groups in total. The van der Waals surface area contributed by atoms with Gasteiger partial charge in [0.05, 0.1) is 7.11 Å². The summed E-state index contributed by atoms with van der Waals surface area (Å²) in [4.78, 5) is 13.6. The summed E-state index contributed by atoms with van der Waals surface area (Å²) in [6.45, 7) is 3.27. The Labute approximate surface area is 192 Å². The maximum Gasteiger partial charge on any atom is 0.222 e. The van der Waals surface area contributed by atoms with Gasteiger partial charge in [0.1, 0.15) is 6.61 Å². The molecule has 5 nitrogen and oxygen atoms in total. The van der Waals surface area contributed by atoms with Crippen molar-refractivity contribution < 1.29 is 14.3 Å². The second-order valence-corrected chi connectivity index (χ2v) is 8.32. The number of hydrogen-bond acceptors (Lipinski definition) is 4. The van der Waals surface area contributed by atoms with Crippen LogP contribution in [0.25, 0.3) is 0 Å². The molecule has 1 heterocycles. The molecule has 8 heteroatoms. The van der Waals surface area contributed by atoms with Crippen LogP contribution < -0.4 is 14.8 Å². The number of ether oxygens (including phenoxy) is 2. The highest BCUT2D eigenvalue weighted by Crippen LogP contribution is 2.35. The fourth-order valence-electron chi connectivity index (χ4n) is 3.36. The Morgan fingerprint density at radius 1 is 1.10 bits per heavy atom. The topological polar surface area (TPSA) is 50.8 Å². The molecular formula is C22H25Cl3N2O3. The summed E-state index contributed by atoms with van der Waals surface area (Å²) < 4.78 is 11.4.